The van der Waals surface area contributed by atoms with E-state index in [4.69, 9.17) is 38.9 Å². The summed E-state index contributed by atoms with van der Waals surface area (Å²) in [6.45, 7) is 14.6. The molecule has 3 fully saturated rings. The van der Waals surface area contributed by atoms with E-state index >= 15 is 0 Å². The normalized spacial score (nSPS) is 36.1. The van der Waals surface area contributed by atoms with Gasteiger partial charge in [0.1, 0.15) is 83.9 Å². The highest BCUT2D eigenvalue weighted by Gasteiger charge is 2.54. The van der Waals surface area contributed by atoms with Crippen LogP contribution in [0.15, 0.2) is 0 Å². The minimum atomic E-state index is -1.98. The number of nitrogens with two attached hydrogens (primary N) is 1. The van der Waals surface area contributed by atoms with Crippen LogP contribution < -0.4 is 27.0 Å². The van der Waals surface area contributed by atoms with Gasteiger partial charge < -0.3 is 95.9 Å². The number of hydrogen-bond donors (Lipinski definition) is 12. The van der Waals surface area contributed by atoms with Crippen LogP contribution in [-0.2, 0) is 38.0 Å². The zero-order chi connectivity index (χ0) is 44.9. The topological polar surface area (TPSA) is 349 Å². The Balaban J connectivity index is 2.01. The molecule has 342 valence electrons. The van der Waals surface area contributed by atoms with E-state index in [-0.39, 0.29) is 6.42 Å². The van der Waals surface area contributed by atoms with Gasteiger partial charge in [0.2, 0.25) is 5.91 Å². The molecule has 2 aliphatic heterocycles. The van der Waals surface area contributed by atoms with Gasteiger partial charge in [-0.3, -0.25) is 4.79 Å². The lowest BCUT2D eigenvalue weighted by molar-refractivity contribution is -0.333. The van der Waals surface area contributed by atoms with Crippen molar-refractivity contribution in [1.82, 2.24) is 21.3 Å². The Labute approximate surface area is 342 Å². The van der Waals surface area contributed by atoms with Gasteiger partial charge >= 0.3 is 18.3 Å². The standard InChI is InChI=1S/C36H65N5O18/c1-14(39-32(51)58-35(5,6)7)28(49)40-15-11-16(41-33(52)59-36(8,9)10)27(25(48)26(15)55-29-22(45)19(37)20(43)18(13-42)54-29)56-30-24(47)23(46)21(44)17(53-30)12-38-31(50)57-34(2,3)4/h14-27,29-30,42-48H,11-13,37H2,1-10H3,(H,38,50)(H,39,51)(H,40,49)(H,41,52)/t14-,15+,16-,17+,18+,19-,20+,21+,22+,23-,24+,25+,26-,27+,29+,30+/m0/s1. The number of amides is 4. The van der Waals surface area contributed by atoms with E-state index in [0.29, 0.717) is 0 Å². The summed E-state index contributed by atoms with van der Waals surface area (Å²) in [5.74, 6) is -0.828. The van der Waals surface area contributed by atoms with E-state index in [2.05, 4.69) is 21.3 Å². The fourth-order valence-electron chi connectivity index (χ4n) is 6.39. The molecule has 59 heavy (non-hydrogen) atoms. The van der Waals surface area contributed by atoms with Crippen LogP contribution >= 0.6 is 0 Å². The average Bonchev–Trinajstić information content (AvgIpc) is 3.08. The van der Waals surface area contributed by atoms with Gasteiger partial charge in [-0.05, 0) is 75.7 Å². The Kier molecular flexibility index (Phi) is 17.1. The van der Waals surface area contributed by atoms with Crippen LogP contribution in [0.1, 0.15) is 75.7 Å². The lowest BCUT2D eigenvalue weighted by Gasteiger charge is -2.49. The van der Waals surface area contributed by atoms with Crippen LogP contribution in [0.25, 0.3) is 0 Å². The number of hydrogen-bond acceptors (Lipinski definition) is 19. The lowest BCUT2D eigenvalue weighted by atomic mass is 9.83. The summed E-state index contributed by atoms with van der Waals surface area (Å²) in [4.78, 5) is 51.7. The van der Waals surface area contributed by atoms with Crippen LogP contribution in [0.3, 0.4) is 0 Å². The minimum Gasteiger partial charge on any atom is -0.444 e. The zero-order valence-corrected chi connectivity index (χ0v) is 35.1. The van der Waals surface area contributed by atoms with Gasteiger partial charge in [0.15, 0.2) is 12.6 Å². The fraction of sp³-hybridized carbons (Fsp3) is 0.889. The maximum atomic E-state index is 13.6. The number of nitrogens with one attached hydrogen (secondary N) is 4. The molecule has 23 nitrogen and oxygen atoms in total. The van der Waals surface area contributed by atoms with Gasteiger partial charge in [-0.25, -0.2) is 14.4 Å². The highest BCUT2D eigenvalue weighted by molar-refractivity contribution is 5.85. The molecule has 13 N–H and O–H groups in total. The Morgan fingerprint density at radius 3 is 1.64 bits per heavy atom. The fourth-order valence-corrected chi connectivity index (χ4v) is 6.39. The Morgan fingerprint density at radius 1 is 0.644 bits per heavy atom. The molecule has 1 aliphatic carbocycles. The van der Waals surface area contributed by atoms with Crippen molar-refractivity contribution in [3.8, 4) is 0 Å². The van der Waals surface area contributed by atoms with E-state index < -0.39 is 152 Å². The molecule has 0 radical (unpaired) electrons. The molecular weight excluding hydrogens is 790 g/mol. The van der Waals surface area contributed by atoms with Crippen LogP contribution in [0.5, 0.6) is 0 Å². The number of aliphatic hydroxyl groups is 7. The summed E-state index contributed by atoms with van der Waals surface area (Å²) in [6.07, 6.45) is -23.9. The molecule has 0 aromatic heterocycles. The third-order valence-corrected chi connectivity index (χ3v) is 9.17. The van der Waals surface area contributed by atoms with Crippen molar-refractivity contribution in [3.05, 3.63) is 0 Å². The van der Waals surface area contributed by atoms with Crippen LogP contribution in [0, 0.1) is 0 Å². The average molecular weight is 856 g/mol. The Bertz CT molecular complexity index is 1420. The minimum absolute atomic E-state index is 0.366. The third-order valence-electron chi connectivity index (χ3n) is 9.17. The molecule has 2 saturated heterocycles. The van der Waals surface area contributed by atoms with Crippen molar-refractivity contribution in [2.75, 3.05) is 13.2 Å². The van der Waals surface area contributed by atoms with E-state index in [1.165, 1.54) is 6.92 Å². The number of aliphatic hydroxyl groups excluding tert-OH is 7. The highest BCUT2D eigenvalue weighted by atomic mass is 16.7. The molecule has 23 heteroatoms. The van der Waals surface area contributed by atoms with Gasteiger partial charge in [-0.2, -0.15) is 0 Å². The second-order valence-corrected chi connectivity index (χ2v) is 17.8. The van der Waals surface area contributed by atoms with Crippen molar-refractivity contribution in [2.24, 2.45) is 5.73 Å². The van der Waals surface area contributed by atoms with Gasteiger partial charge in [-0.1, -0.05) is 0 Å². The number of carbonyl (C=O) groups excluding carboxylic acids is 4. The lowest BCUT2D eigenvalue weighted by Crippen LogP contribution is -2.70. The summed E-state index contributed by atoms with van der Waals surface area (Å²) in [6, 6.07) is -5.35. The molecular formula is C36H65N5O18. The third kappa shape index (κ3) is 14.5. The van der Waals surface area contributed by atoms with E-state index in [1.54, 1.807) is 62.3 Å². The smallest absolute Gasteiger partial charge is 0.408 e. The first-order chi connectivity index (χ1) is 27.0. The van der Waals surface area contributed by atoms with E-state index in [9.17, 15) is 54.9 Å². The summed E-state index contributed by atoms with van der Waals surface area (Å²) in [7, 11) is 0. The number of carbonyl (C=O) groups is 4. The quantitative estimate of drug-likeness (QED) is 0.0916. The maximum Gasteiger partial charge on any atom is 0.408 e. The predicted octanol–water partition coefficient (Wildman–Crippen LogP) is -3.09. The molecule has 3 rings (SSSR count). The van der Waals surface area contributed by atoms with Gasteiger partial charge in [-0.15, -0.1) is 0 Å². The van der Waals surface area contributed by atoms with Crippen molar-refractivity contribution in [3.63, 3.8) is 0 Å². The highest BCUT2D eigenvalue weighted by Crippen LogP contribution is 2.33. The van der Waals surface area contributed by atoms with Gasteiger partial charge in [0.25, 0.3) is 0 Å². The number of alkyl carbamates (subject to hydrolysis) is 3. The summed E-state index contributed by atoms with van der Waals surface area (Å²) in [5.41, 5.74) is 3.20. The van der Waals surface area contributed by atoms with Crippen molar-refractivity contribution in [1.29, 1.82) is 0 Å². The molecule has 3 aliphatic rings. The number of ether oxygens (including phenoxy) is 7. The molecule has 1 saturated carbocycles. The second kappa shape index (κ2) is 20.1. The van der Waals surface area contributed by atoms with E-state index in [1.807, 2.05) is 0 Å². The molecule has 0 aromatic rings. The van der Waals surface area contributed by atoms with E-state index in [0.717, 1.165) is 0 Å². The molecule has 0 bridgehead atoms. The van der Waals surface area contributed by atoms with Crippen LogP contribution in [0.4, 0.5) is 14.4 Å². The van der Waals surface area contributed by atoms with Crippen molar-refractivity contribution in [2.45, 2.75) is 190 Å². The first-order valence-electron chi connectivity index (χ1n) is 19.3. The van der Waals surface area contributed by atoms with Gasteiger partial charge in [0, 0.05) is 6.54 Å². The Morgan fingerprint density at radius 2 is 1.12 bits per heavy atom. The largest absolute Gasteiger partial charge is 0.444 e. The monoisotopic (exact) mass is 855 g/mol. The molecule has 4 amide bonds. The second-order valence-electron chi connectivity index (χ2n) is 17.8. The summed E-state index contributed by atoms with van der Waals surface area (Å²) in [5, 5.41) is 85.9. The SMILES string of the molecule is C[C@H](NC(=O)OC(C)(C)C)C(=O)N[C@@H]1C[C@H](NC(=O)OC(C)(C)C)[C@@H](O[C@H]2O[C@H](CNC(=O)OC(C)(C)C)[C@@H](O)[C@H](O)[C@H]2O)[C@H](O)[C@H]1O[C@H]1O[C@H](CO)[C@@H](O)[C@H](N)[C@H]1O. The zero-order valence-electron chi connectivity index (χ0n) is 35.1. The Hall–Kier alpha value is -3.20. The molecule has 0 aromatic carbocycles. The van der Waals surface area contributed by atoms with Crippen LogP contribution in [-0.4, -0.2) is 188 Å². The maximum absolute atomic E-state index is 13.6. The van der Waals surface area contributed by atoms with Crippen LogP contribution in [0.2, 0.25) is 0 Å². The summed E-state index contributed by atoms with van der Waals surface area (Å²) < 4.78 is 39.4. The molecule has 2 heterocycles. The summed E-state index contributed by atoms with van der Waals surface area (Å²) >= 11 is 0. The molecule has 0 spiro atoms. The molecule has 0 unspecified atom stereocenters. The number of rotatable bonds is 11. The van der Waals surface area contributed by atoms with Crippen molar-refractivity contribution < 1.29 is 88.1 Å². The van der Waals surface area contributed by atoms with Crippen molar-refractivity contribution >= 4 is 24.2 Å². The predicted molar refractivity (Wildman–Crippen MR) is 201 cm³/mol. The molecule has 16 atom stereocenters. The first kappa shape index (κ1) is 50.2. The first-order valence-corrected chi connectivity index (χ1v) is 19.3. The van der Waals surface area contributed by atoms with Gasteiger partial charge in [0.05, 0.1) is 24.7 Å².